The average Bonchev–Trinajstić information content (AvgIpc) is 2.94. The van der Waals surface area contributed by atoms with Crippen molar-refractivity contribution in [1.29, 1.82) is 0 Å². The number of pyridine rings is 1. The fraction of sp³-hybridized carbons (Fsp3) is 0. The molecule has 0 amide bonds. The van der Waals surface area contributed by atoms with Crippen molar-refractivity contribution < 1.29 is 4.79 Å². The molecule has 0 atom stereocenters. The normalized spacial score (nSPS) is 10.9. The highest BCUT2D eigenvalue weighted by Crippen LogP contribution is 2.27. The maximum atomic E-state index is 11.0. The molecule has 0 unspecified atom stereocenters. The first-order valence-electron chi connectivity index (χ1n) is 4.96. The maximum Gasteiger partial charge on any atom is 0.170 e. The van der Waals surface area contributed by atoms with Crippen molar-refractivity contribution in [2.75, 3.05) is 0 Å². The van der Waals surface area contributed by atoms with Crippen molar-refractivity contribution in [3.63, 3.8) is 0 Å². The molecule has 17 heavy (non-hydrogen) atoms. The monoisotopic (exact) mass is 262 g/mol. The molecule has 0 aromatic carbocycles. The van der Waals surface area contributed by atoms with Crippen LogP contribution in [0.25, 0.3) is 16.2 Å². The lowest BCUT2D eigenvalue weighted by atomic mass is 10.3. The third-order valence-electron chi connectivity index (χ3n) is 2.48. The summed E-state index contributed by atoms with van der Waals surface area (Å²) < 4.78 is 1.85. The summed E-state index contributed by atoms with van der Waals surface area (Å²) in [6.07, 6.45) is 2.53. The molecule has 0 aliphatic carbocycles. The number of aromatic nitrogens is 2. The van der Waals surface area contributed by atoms with Gasteiger partial charge in [-0.15, -0.1) is 11.3 Å². The summed E-state index contributed by atoms with van der Waals surface area (Å²) in [6.45, 7) is 0. The molecule has 0 N–H and O–H groups in total. The Morgan fingerprint density at radius 3 is 2.94 bits per heavy atom. The van der Waals surface area contributed by atoms with Gasteiger partial charge < -0.3 is 0 Å². The number of halogens is 1. The van der Waals surface area contributed by atoms with Gasteiger partial charge in [0.25, 0.3) is 0 Å². The van der Waals surface area contributed by atoms with Gasteiger partial charge in [0.05, 0.1) is 15.4 Å². The van der Waals surface area contributed by atoms with Crippen LogP contribution >= 0.6 is 22.9 Å². The van der Waals surface area contributed by atoms with E-state index in [-0.39, 0.29) is 0 Å². The van der Waals surface area contributed by atoms with Crippen LogP contribution in [0.1, 0.15) is 10.5 Å². The lowest BCUT2D eigenvalue weighted by molar-refractivity contribution is 0.112. The zero-order valence-corrected chi connectivity index (χ0v) is 10.2. The molecule has 0 spiro atoms. The molecule has 3 nitrogen and oxygen atoms in total. The molecule has 0 saturated heterocycles. The number of imidazole rings is 1. The quantitative estimate of drug-likeness (QED) is 0.662. The van der Waals surface area contributed by atoms with Crippen LogP contribution in [0.15, 0.2) is 35.8 Å². The van der Waals surface area contributed by atoms with E-state index in [4.69, 9.17) is 11.6 Å². The Kier molecular flexibility index (Phi) is 2.46. The summed E-state index contributed by atoms with van der Waals surface area (Å²) >= 11 is 7.55. The first-order valence-corrected chi connectivity index (χ1v) is 6.22. The van der Waals surface area contributed by atoms with Crippen LogP contribution < -0.4 is 0 Å². The van der Waals surface area contributed by atoms with Crippen LogP contribution in [-0.2, 0) is 0 Å². The predicted octanol–water partition coefficient (Wildman–Crippen LogP) is 3.53. The van der Waals surface area contributed by atoms with Crippen molar-refractivity contribution in [3.8, 4) is 10.7 Å². The lowest BCUT2D eigenvalue weighted by Gasteiger charge is -1.98. The topological polar surface area (TPSA) is 34.4 Å². The SMILES string of the molecule is O=Cc1nc(-c2cccs2)n2cc(Cl)ccc12. The van der Waals surface area contributed by atoms with E-state index in [2.05, 4.69) is 4.98 Å². The smallest absolute Gasteiger partial charge is 0.170 e. The molecule has 0 fully saturated rings. The summed E-state index contributed by atoms with van der Waals surface area (Å²) in [5.74, 6) is 0.750. The van der Waals surface area contributed by atoms with E-state index in [0.29, 0.717) is 10.7 Å². The summed E-state index contributed by atoms with van der Waals surface area (Å²) in [5.41, 5.74) is 1.21. The number of thiophene rings is 1. The molecule has 3 rings (SSSR count). The Hall–Kier alpha value is -1.65. The largest absolute Gasteiger partial charge is 0.297 e. The molecule has 0 aliphatic rings. The second-order valence-corrected chi connectivity index (χ2v) is 4.90. The van der Waals surface area contributed by atoms with Gasteiger partial charge in [-0.05, 0) is 23.6 Å². The first kappa shape index (κ1) is 10.5. The summed E-state index contributed by atoms with van der Waals surface area (Å²) in [5, 5.41) is 2.59. The van der Waals surface area contributed by atoms with E-state index in [1.165, 1.54) is 0 Å². The number of rotatable bonds is 2. The minimum Gasteiger partial charge on any atom is -0.297 e. The van der Waals surface area contributed by atoms with Crippen LogP contribution in [0.3, 0.4) is 0 Å². The maximum absolute atomic E-state index is 11.0. The molecule has 5 heteroatoms. The molecular weight excluding hydrogens is 256 g/mol. The van der Waals surface area contributed by atoms with E-state index in [1.807, 2.05) is 21.9 Å². The minimum atomic E-state index is 0.435. The van der Waals surface area contributed by atoms with Gasteiger partial charge in [0, 0.05) is 6.20 Å². The number of hydrogen-bond acceptors (Lipinski definition) is 3. The standard InChI is InChI=1S/C12H7ClN2OS/c13-8-3-4-10-9(7-16)14-12(15(10)6-8)11-2-1-5-17-11/h1-7H. The molecule has 3 heterocycles. The Balaban J connectivity index is 2.38. The third-order valence-corrected chi connectivity index (χ3v) is 3.57. The summed E-state index contributed by atoms with van der Waals surface area (Å²) in [7, 11) is 0. The van der Waals surface area contributed by atoms with Crippen molar-refractivity contribution in [3.05, 3.63) is 46.6 Å². The third kappa shape index (κ3) is 1.66. The van der Waals surface area contributed by atoms with Crippen LogP contribution in [0, 0.1) is 0 Å². The Labute approximate surface area is 106 Å². The number of fused-ring (bicyclic) bond motifs is 1. The van der Waals surface area contributed by atoms with E-state index in [9.17, 15) is 4.79 Å². The second kappa shape index (κ2) is 3.98. The number of carbonyl (C=O) groups is 1. The Bertz CT molecular complexity index is 688. The van der Waals surface area contributed by atoms with Gasteiger partial charge in [-0.25, -0.2) is 4.98 Å². The van der Waals surface area contributed by atoms with E-state index in [1.54, 1.807) is 29.7 Å². The van der Waals surface area contributed by atoms with Gasteiger partial charge in [0.2, 0.25) is 0 Å². The summed E-state index contributed by atoms with van der Waals surface area (Å²) in [4.78, 5) is 16.3. The molecule has 0 bridgehead atoms. The molecule has 3 aromatic rings. The molecular formula is C12H7ClN2OS. The Morgan fingerprint density at radius 2 is 2.24 bits per heavy atom. The van der Waals surface area contributed by atoms with Crippen molar-refractivity contribution in [2.45, 2.75) is 0 Å². The van der Waals surface area contributed by atoms with Gasteiger partial charge >= 0.3 is 0 Å². The van der Waals surface area contributed by atoms with Crippen molar-refractivity contribution in [1.82, 2.24) is 9.38 Å². The number of nitrogens with zero attached hydrogens (tertiary/aromatic N) is 2. The zero-order chi connectivity index (χ0) is 11.8. The first-order chi connectivity index (χ1) is 8.29. The second-order valence-electron chi connectivity index (χ2n) is 3.52. The molecule has 0 radical (unpaired) electrons. The van der Waals surface area contributed by atoms with Crippen LogP contribution in [0.5, 0.6) is 0 Å². The fourth-order valence-corrected chi connectivity index (χ4v) is 2.62. The molecule has 84 valence electrons. The summed E-state index contributed by atoms with van der Waals surface area (Å²) in [6, 6.07) is 7.47. The van der Waals surface area contributed by atoms with E-state index >= 15 is 0 Å². The highest BCUT2D eigenvalue weighted by atomic mass is 35.5. The molecule has 0 aliphatic heterocycles. The van der Waals surface area contributed by atoms with Gasteiger partial charge in [-0.2, -0.15) is 0 Å². The van der Waals surface area contributed by atoms with Gasteiger partial charge in [0.15, 0.2) is 12.1 Å². The van der Waals surface area contributed by atoms with Gasteiger partial charge in [-0.1, -0.05) is 17.7 Å². The van der Waals surface area contributed by atoms with Crippen LogP contribution in [-0.4, -0.2) is 15.7 Å². The highest BCUT2D eigenvalue weighted by Gasteiger charge is 2.12. The molecule has 0 saturated carbocycles. The lowest BCUT2D eigenvalue weighted by Crippen LogP contribution is -1.86. The van der Waals surface area contributed by atoms with Crippen molar-refractivity contribution in [2.24, 2.45) is 0 Å². The Morgan fingerprint density at radius 1 is 1.35 bits per heavy atom. The van der Waals surface area contributed by atoms with Crippen molar-refractivity contribution >= 4 is 34.7 Å². The predicted molar refractivity (Wildman–Crippen MR) is 68.9 cm³/mol. The minimum absolute atomic E-state index is 0.435. The fourth-order valence-electron chi connectivity index (χ4n) is 1.75. The van der Waals surface area contributed by atoms with Gasteiger partial charge in [0.1, 0.15) is 5.69 Å². The number of hydrogen-bond donors (Lipinski definition) is 0. The highest BCUT2D eigenvalue weighted by molar-refractivity contribution is 7.13. The van der Waals surface area contributed by atoms with Gasteiger partial charge in [-0.3, -0.25) is 9.20 Å². The van der Waals surface area contributed by atoms with Crippen LogP contribution in [0.2, 0.25) is 5.02 Å². The van der Waals surface area contributed by atoms with E-state index in [0.717, 1.165) is 22.5 Å². The number of carbonyl (C=O) groups excluding carboxylic acids is 1. The number of aldehydes is 1. The zero-order valence-electron chi connectivity index (χ0n) is 8.63. The molecule has 3 aromatic heterocycles. The van der Waals surface area contributed by atoms with Crippen LogP contribution in [0.4, 0.5) is 0 Å². The van der Waals surface area contributed by atoms with E-state index < -0.39 is 0 Å². The average molecular weight is 263 g/mol.